The highest BCUT2D eigenvalue weighted by molar-refractivity contribution is 4.77. The van der Waals surface area contributed by atoms with Crippen molar-refractivity contribution < 1.29 is 4.74 Å². The van der Waals surface area contributed by atoms with Crippen LogP contribution in [0.5, 0.6) is 0 Å². The molecular formula is C15H32N2O. The Morgan fingerprint density at radius 1 is 1.28 bits per heavy atom. The lowest BCUT2D eigenvalue weighted by Crippen LogP contribution is -2.43. The predicted molar refractivity (Wildman–Crippen MR) is 78.0 cm³/mol. The summed E-state index contributed by atoms with van der Waals surface area (Å²) in [7, 11) is 0. The zero-order chi connectivity index (χ0) is 13.4. The van der Waals surface area contributed by atoms with E-state index in [2.05, 4.69) is 37.9 Å². The van der Waals surface area contributed by atoms with E-state index in [1.54, 1.807) is 0 Å². The molecule has 0 aromatic carbocycles. The van der Waals surface area contributed by atoms with Gasteiger partial charge in [0.05, 0.1) is 6.10 Å². The van der Waals surface area contributed by atoms with Gasteiger partial charge < -0.3 is 10.1 Å². The molecule has 3 heteroatoms. The third kappa shape index (κ3) is 6.72. The van der Waals surface area contributed by atoms with Gasteiger partial charge in [-0.1, -0.05) is 6.92 Å². The second-order valence-electron chi connectivity index (χ2n) is 6.04. The number of hydrogen-bond donors (Lipinski definition) is 1. The van der Waals surface area contributed by atoms with Crippen molar-refractivity contribution in [3.8, 4) is 0 Å². The summed E-state index contributed by atoms with van der Waals surface area (Å²) >= 11 is 0. The maximum absolute atomic E-state index is 5.52. The van der Waals surface area contributed by atoms with Gasteiger partial charge in [-0.3, -0.25) is 4.90 Å². The highest BCUT2D eigenvalue weighted by atomic mass is 16.5. The zero-order valence-electron chi connectivity index (χ0n) is 12.7. The molecule has 1 aliphatic rings. The smallest absolute Gasteiger partial charge is 0.0518 e. The highest BCUT2D eigenvalue weighted by Crippen LogP contribution is 2.21. The first-order chi connectivity index (χ1) is 8.59. The molecule has 2 atom stereocenters. The average molecular weight is 256 g/mol. The Hall–Kier alpha value is -0.120. The van der Waals surface area contributed by atoms with Gasteiger partial charge >= 0.3 is 0 Å². The van der Waals surface area contributed by atoms with Crippen LogP contribution in [0.4, 0.5) is 0 Å². The molecule has 1 N–H and O–H groups in total. The van der Waals surface area contributed by atoms with Crippen LogP contribution in [0, 0.1) is 5.92 Å². The summed E-state index contributed by atoms with van der Waals surface area (Å²) < 4.78 is 5.52. The number of nitrogens with zero attached hydrogens (tertiary/aromatic N) is 1. The summed E-state index contributed by atoms with van der Waals surface area (Å²) in [5, 5.41) is 3.52. The SMILES string of the molecule is CC1CCN(CCNCCCOC(C)C)C(C)C1. The lowest BCUT2D eigenvalue weighted by Gasteiger charge is -2.36. The van der Waals surface area contributed by atoms with Gasteiger partial charge in [-0.2, -0.15) is 0 Å². The molecule has 108 valence electrons. The quantitative estimate of drug-likeness (QED) is 0.675. The van der Waals surface area contributed by atoms with E-state index in [0.29, 0.717) is 6.10 Å². The minimum atomic E-state index is 0.362. The first kappa shape index (κ1) is 15.9. The molecule has 1 fully saturated rings. The fourth-order valence-corrected chi connectivity index (χ4v) is 2.65. The largest absolute Gasteiger partial charge is 0.379 e. The van der Waals surface area contributed by atoms with Crippen LogP contribution in [-0.2, 0) is 4.74 Å². The lowest BCUT2D eigenvalue weighted by atomic mass is 9.93. The third-order valence-corrected chi connectivity index (χ3v) is 3.80. The third-order valence-electron chi connectivity index (χ3n) is 3.80. The first-order valence-electron chi connectivity index (χ1n) is 7.66. The van der Waals surface area contributed by atoms with Crippen LogP contribution < -0.4 is 5.32 Å². The average Bonchev–Trinajstić information content (AvgIpc) is 2.30. The minimum absolute atomic E-state index is 0.362. The summed E-state index contributed by atoms with van der Waals surface area (Å²) in [6.45, 7) is 14.5. The van der Waals surface area contributed by atoms with E-state index in [1.807, 2.05) is 0 Å². The fraction of sp³-hybridized carbons (Fsp3) is 1.00. The van der Waals surface area contributed by atoms with Crippen molar-refractivity contribution in [3.05, 3.63) is 0 Å². The van der Waals surface area contributed by atoms with E-state index < -0.39 is 0 Å². The molecule has 0 aromatic rings. The van der Waals surface area contributed by atoms with Crippen molar-refractivity contribution in [2.24, 2.45) is 5.92 Å². The Balaban J connectivity index is 1.94. The highest BCUT2D eigenvalue weighted by Gasteiger charge is 2.21. The maximum atomic E-state index is 5.52. The van der Waals surface area contributed by atoms with Gasteiger partial charge in [0, 0.05) is 25.7 Å². The Bertz CT molecular complexity index is 209. The van der Waals surface area contributed by atoms with Crippen molar-refractivity contribution in [1.82, 2.24) is 10.2 Å². The van der Waals surface area contributed by atoms with Gasteiger partial charge in [-0.05, 0) is 59.0 Å². The van der Waals surface area contributed by atoms with Crippen molar-refractivity contribution in [1.29, 1.82) is 0 Å². The van der Waals surface area contributed by atoms with E-state index in [1.165, 1.54) is 25.9 Å². The van der Waals surface area contributed by atoms with E-state index in [-0.39, 0.29) is 0 Å². The van der Waals surface area contributed by atoms with Gasteiger partial charge in [0.15, 0.2) is 0 Å². The monoisotopic (exact) mass is 256 g/mol. The number of rotatable bonds is 8. The number of piperidine rings is 1. The van der Waals surface area contributed by atoms with E-state index in [4.69, 9.17) is 4.74 Å². The molecule has 0 aromatic heterocycles. The molecule has 1 aliphatic heterocycles. The van der Waals surface area contributed by atoms with Gasteiger partial charge in [0.25, 0.3) is 0 Å². The zero-order valence-corrected chi connectivity index (χ0v) is 12.7. The lowest BCUT2D eigenvalue weighted by molar-refractivity contribution is 0.0767. The topological polar surface area (TPSA) is 24.5 Å². The molecule has 2 unspecified atom stereocenters. The molecule has 1 saturated heterocycles. The van der Waals surface area contributed by atoms with Crippen LogP contribution in [0.3, 0.4) is 0 Å². The summed E-state index contributed by atoms with van der Waals surface area (Å²) in [4.78, 5) is 2.62. The molecule has 18 heavy (non-hydrogen) atoms. The van der Waals surface area contributed by atoms with Crippen LogP contribution >= 0.6 is 0 Å². The Morgan fingerprint density at radius 2 is 2.06 bits per heavy atom. The second-order valence-corrected chi connectivity index (χ2v) is 6.04. The minimum Gasteiger partial charge on any atom is -0.379 e. The molecule has 3 nitrogen and oxygen atoms in total. The first-order valence-corrected chi connectivity index (χ1v) is 7.66. The van der Waals surface area contributed by atoms with Gasteiger partial charge in [-0.25, -0.2) is 0 Å². The van der Waals surface area contributed by atoms with Crippen LogP contribution in [0.25, 0.3) is 0 Å². The molecular weight excluding hydrogens is 224 g/mol. The van der Waals surface area contributed by atoms with Gasteiger partial charge in [0.1, 0.15) is 0 Å². The van der Waals surface area contributed by atoms with Crippen LogP contribution in [0.2, 0.25) is 0 Å². The molecule has 1 rings (SSSR count). The molecule has 0 bridgehead atoms. The molecule has 0 amide bonds. The van der Waals surface area contributed by atoms with Gasteiger partial charge in [-0.15, -0.1) is 0 Å². The number of ether oxygens (including phenoxy) is 1. The van der Waals surface area contributed by atoms with Crippen LogP contribution in [0.15, 0.2) is 0 Å². The van der Waals surface area contributed by atoms with Crippen LogP contribution in [0.1, 0.15) is 47.0 Å². The molecule has 0 saturated carbocycles. The Labute approximate surface area is 113 Å². The van der Waals surface area contributed by atoms with Crippen molar-refractivity contribution in [2.75, 3.05) is 32.8 Å². The predicted octanol–water partition coefficient (Wildman–Crippen LogP) is 2.51. The van der Waals surface area contributed by atoms with Crippen molar-refractivity contribution >= 4 is 0 Å². The summed E-state index contributed by atoms with van der Waals surface area (Å²) in [5.41, 5.74) is 0. The molecule has 1 heterocycles. The van der Waals surface area contributed by atoms with E-state index in [9.17, 15) is 0 Å². The Kier molecular flexibility index (Phi) is 7.87. The standard InChI is InChI=1S/C15H32N2O/c1-13(2)18-11-5-7-16-8-10-17-9-6-14(3)12-15(17)4/h13-16H,5-12H2,1-4H3. The van der Waals surface area contributed by atoms with E-state index in [0.717, 1.165) is 38.1 Å². The fourth-order valence-electron chi connectivity index (χ4n) is 2.65. The molecule has 0 radical (unpaired) electrons. The van der Waals surface area contributed by atoms with Crippen molar-refractivity contribution in [2.45, 2.75) is 59.1 Å². The maximum Gasteiger partial charge on any atom is 0.0518 e. The summed E-state index contributed by atoms with van der Waals surface area (Å²) in [5.74, 6) is 0.914. The normalized spacial score (nSPS) is 25.8. The van der Waals surface area contributed by atoms with Gasteiger partial charge in [0.2, 0.25) is 0 Å². The second kappa shape index (κ2) is 8.89. The summed E-state index contributed by atoms with van der Waals surface area (Å²) in [6, 6.07) is 0.764. The number of nitrogens with one attached hydrogen (secondary N) is 1. The number of hydrogen-bond acceptors (Lipinski definition) is 3. The van der Waals surface area contributed by atoms with Crippen molar-refractivity contribution in [3.63, 3.8) is 0 Å². The Morgan fingerprint density at radius 3 is 2.72 bits per heavy atom. The van der Waals surface area contributed by atoms with Crippen LogP contribution in [-0.4, -0.2) is 49.8 Å². The molecule has 0 spiro atoms. The molecule has 0 aliphatic carbocycles. The number of likely N-dealkylation sites (tertiary alicyclic amines) is 1. The van der Waals surface area contributed by atoms with E-state index >= 15 is 0 Å². The summed E-state index contributed by atoms with van der Waals surface area (Å²) in [6.07, 6.45) is 4.21.